The molecule has 1 N–H and O–H groups in total. The van der Waals surface area contributed by atoms with Gasteiger partial charge in [0.2, 0.25) is 0 Å². The van der Waals surface area contributed by atoms with E-state index in [0.717, 1.165) is 5.56 Å². The molecule has 0 bridgehead atoms. The number of carbonyl (C=O) groups is 2. The number of carbonyl (C=O) groups excluding carboxylic acids is 2. The summed E-state index contributed by atoms with van der Waals surface area (Å²) >= 11 is 0. The summed E-state index contributed by atoms with van der Waals surface area (Å²) in [4.78, 5) is 22.1. The summed E-state index contributed by atoms with van der Waals surface area (Å²) in [5.74, 6) is -2.76. The molecule has 0 fully saturated rings. The second-order valence-electron chi connectivity index (χ2n) is 3.70. The second kappa shape index (κ2) is 6.68. The van der Waals surface area contributed by atoms with Crippen molar-refractivity contribution in [2.45, 2.75) is 12.6 Å². The Kier molecular flexibility index (Phi) is 5.23. The molecule has 1 aromatic rings. The van der Waals surface area contributed by atoms with Crippen molar-refractivity contribution in [1.82, 2.24) is 0 Å². The standard InChI is InChI=1S/C13H10F3NO3/c14-13(15,16)11(18)10(8-17)12(19)20-7-6-9-4-2-1-3-5-9/h1-5,17H,6-7H2. The van der Waals surface area contributed by atoms with Crippen LogP contribution < -0.4 is 0 Å². The Morgan fingerprint density at radius 2 is 1.80 bits per heavy atom. The summed E-state index contributed by atoms with van der Waals surface area (Å²) in [6.45, 7) is -0.195. The molecule has 4 nitrogen and oxygen atoms in total. The molecule has 0 saturated heterocycles. The predicted octanol–water partition coefficient (Wildman–Crippen LogP) is 2.08. The van der Waals surface area contributed by atoms with E-state index in [-0.39, 0.29) is 13.0 Å². The van der Waals surface area contributed by atoms with Gasteiger partial charge in [0.05, 0.1) is 6.61 Å². The lowest BCUT2D eigenvalue weighted by Crippen LogP contribution is -2.29. The van der Waals surface area contributed by atoms with Crippen LogP contribution in [0.4, 0.5) is 13.2 Å². The molecular weight excluding hydrogens is 275 g/mol. The highest BCUT2D eigenvalue weighted by Gasteiger charge is 2.44. The van der Waals surface area contributed by atoms with Crippen molar-refractivity contribution < 1.29 is 27.5 Å². The van der Waals surface area contributed by atoms with E-state index in [1.807, 2.05) is 0 Å². The molecule has 0 amide bonds. The number of nitrogens with one attached hydrogen (secondary N) is 1. The first-order chi connectivity index (χ1) is 9.36. The summed E-state index contributed by atoms with van der Waals surface area (Å²) < 4.78 is 40.9. The van der Waals surface area contributed by atoms with Crippen molar-refractivity contribution >= 4 is 17.6 Å². The lowest BCUT2D eigenvalue weighted by molar-refractivity contribution is -0.168. The second-order valence-corrected chi connectivity index (χ2v) is 3.70. The Balaban J connectivity index is 2.58. The third kappa shape index (κ3) is 4.37. The first-order valence-electron chi connectivity index (χ1n) is 5.48. The average molecular weight is 285 g/mol. The molecule has 0 saturated carbocycles. The van der Waals surface area contributed by atoms with Crippen LogP contribution in [-0.4, -0.2) is 30.4 Å². The average Bonchev–Trinajstić information content (AvgIpc) is 2.39. The number of hydrogen-bond acceptors (Lipinski definition) is 4. The van der Waals surface area contributed by atoms with Crippen molar-refractivity contribution in [1.29, 1.82) is 5.41 Å². The van der Waals surface area contributed by atoms with Gasteiger partial charge in [-0.25, -0.2) is 4.79 Å². The van der Waals surface area contributed by atoms with E-state index in [0.29, 0.717) is 0 Å². The van der Waals surface area contributed by atoms with Crippen LogP contribution in [0.3, 0.4) is 0 Å². The van der Waals surface area contributed by atoms with Gasteiger partial charge < -0.3 is 4.74 Å². The van der Waals surface area contributed by atoms with Gasteiger partial charge in [-0.15, -0.1) is 0 Å². The van der Waals surface area contributed by atoms with Crippen LogP contribution in [0.5, 0.6) is 0 Å². The molecule has 106 valence electrons. The number of ketones is 1. The number of rotatable bonds is 5. The van der Waals surface area contributed by atoms with E-state index in [1.165, 1.54) is 5.87 Å². The maximum Gasteiger partial charge on any atom is 0.455 e. The van der Waals surface area contributed by atoms with Crippen molar-refractivity contribution in [3.63, 3.8) is 0 Å². The van der Waals surface area contributed by atoms with Crippen molar-refractivity contribution in [2.75, 3.05) is 6.61 Å². The SMILES string of the molecule is N=C=C(C(=O)OCCc1ccccc1)C(=O)C(F)(F)F. The molecule has 1 rings (SSSR count). The lowest BCUT2D eigenvalue weighted by atomic mass is 10.1. The van der Waals surface area contributed by atoms with E-state index < -0.39 is 23.5 Å². The summed E-state index contributed by atoms with van der Waals surface area (Å²) in [5.41, 5.74) is -0.631. The molecule has 0 unspecified atom stereocenters. The molecule has 20 heavy (non-hydrogen) atoms. The highest BCUT2D eigenvalue weighted by Crippen LogP contribution is 2.20. The quantitative estimate of drug-likeness (QED) is 0.296. The molecule has 0 heterocycles. The first-order valence-corrected chi connectivity index (χ1v) is 5.48. The maximum atomic E-state index is 12.1. The highest BCUT2D eigenvalue weighted by atomic mass is 19.4. The molecular formula is C13H10F3NO3. The van der Waals surface area contributed by atoms with Gasteiger partial charge in [-0.2, -0.15) is 13.2 Å². The van der Waals surface area contributed by atoms with E-state index in [9.17, 15) is 22.8 Å². The number of esters is 1. The third-order valence-electron chi connectivity index (χ3n) is 2.28. The van der Waals surface area contributed by atoms with Crippen molar-refractivity contribution in [3.05, 3.63) is 41.5 Å². The Bertz CT molecular complexity index is 546. The number of halogens is 3. The van der Waals surface area contributed by atoms with Crippen LogP contribution in [-0.2, 0) is 20.7 Å². The largest absolute Gasteiger partial charge is 0.461 e. The van der Waals surface area contributed by atoms with Crippen LogP contribution in [0, 0.1) is 5.41 Å². The van der Waals surface area contributed by atoms with Gasteiger partial charge in [-0.05, 0) is 11.4 Å². The van der Waals surface area contributed by atoms with E-state index in [1.54, 1.807) is 30.3 Å². The number of alkyl halides is 3. The fraction of sp³-hybridized carbons (Fsp3) is 0.231. The number of ether oxygens (including phenoxy) is 1. The molecule has 0 aromatic heterocycles. The molecule has 0 atom stereocenters. The van der Waals surface area contributed by atoms with Gasteiger partial charge in [0.15, 0.2) is 5.57 Å². The molecule has 0 aliphatic heterocycles. The number of Topliss-reactive ketones (excluding diaryl/α,β-unsaturated/α-hetero) is 1. The molecule has 0 aliphatic rings. The Morgan fingerprint density at radius 1 is 1.20 bits per heavy atom. The predicted molar refractivity (Wildman–Crippen MR) is 63.4 cm³/mol. The topological polar surface area (TPSA) is 67.2 Å². The lowest BCUT2D eigenvalue weighted by Gasteiger charge is -2.07. The third-order valence-corrected chi connectivity index (χ3v) is 2.28. The summed E-state index contributed by atoms with van der Waals surface area (Å²) in [7, 11) is 0. The van der Waals surface area contributed by atoms with Gasteiger partial charge >= 0.3 is 12.1 Å². The van der Waals surface area contributed by atoms with Crippen molar-refractivity contribution in [2.24, 2.45) is 0 Å². The summed E-state index contributed by atoms with van der Waals surface area (Å²) in [5, 5.41) is 6.59. The van der Waals surface area contributed by atoms with E-state index in [2.05, 4.69) is 4.74 Å². The van der Waals surface area contributed by atoms with Crippen LogP contribution in [0.1, 0.15) is 5.56 Å². The smallest absolute Gasteiger partial charge is 0.455 e. The minimum atomic E-state index is -5.23. The minimum absolute atomic E-state index is 0.195. The zero-order chi connectivity index (χ0) is 15.2. The van der Waals surface area contributed by atoms with Gasteiger partial charge in [0.1, 0.15) is 0 Å². The number of benzene rings is 1. The van der Waals surface area contributed by atoms with Crippen LogP contribution in [0.25, 0.3) is 0 Å². The molecule has 1 aromatic carbocycles. The van der Waals surface area contributed by atoms with Gasteiger partial charge in [0.25, 0.3) is 5.78 Å². The molecule has 7 heteroatoms. The molecule has 0 radical (unpaired) electrons. The van der Waals surface area contributed by atoms with E-state index in [4.69, 9.17) is 5.41 Å². The monoisotopic (exact) mass is 285 g/mol. The first kappa shape index (κ1) is 15.7. The van der Waals surface area contributed by atoms with Crippen molar-refractivity contribution in [3.8, 4) is 0 Å². The Hall–Kier alpha value is -2.40. The Morgan fingerprint density at radius 3 is 2.30 bits per heavy atom. The van der Waals surface area contributed by atoms with Crippen LogP contribution >= 0.6 is 0 Å². The zero-order valence-corrected chi connectivity index (χ0v) is 10.2. The molecule has 0 spiro atoms. The zero-order valence-electron chi connectivity index (χ0n) is 10.2. The van der Waals surface area contributed by atoms with Crippen LogP contribution in [0.15, 0.2) is 35.9 Å². The number of hydrogen-bond donors (Lipinski definition) is 1. The van der Waals surface area contributed by atoms with Gasteiger partial charge in [-0.3, -0.25) is 10.2 Å². The maximum absolute atomic E-state index is 12.1. The minimum Gasteiger partial charge on any atom is -0.461 e. The summed E-state index contributed by atoms with van der Waals surface area (Å²) in [6.07, 6.45) is -4.94. The van der Waals surface area contributed by atoms with Gasteiger partial charge in [0, 0.05) is 6.42 Å². The fourth-order valence-electron chi connectivity index (χ4n) is 1.32. The van der Waals surface area contributed by atoms with Crippen LogP contribution in [0.2, 0.25) is 0 Å². The fourth-order valence-corrected chi connectivity index (χ4v) is 1.32. The Labute approximate surface area is 112 Å². The summed E-state index contributed by atoms with van der Waals surface area (Å²) in [6, 6.07) is 8.80. The normalized spacial score (nSPS) is 10.6. The molecule has 0 aliphatic carbocycles. The highest BCUT2D eigenvalue weighted by molar-refractivity contribution is 6.25. The van der Waals surface area contributed by atoms with Gasteiger partial charge in [-0.1, -0.05) is 30.3 Å². The van der Waals surface area contributed by atoms with E-state index >= 15 is 0 Å².